The highest BCUT2D eigenvalue weighted by Crippen LogP contribution is 2.29. The van der Waals surface area contributed by atoms with Crippen molar-refractivity contribution in [3.63, 3.8) is 0 Å². The number of benzene rings is 3. The van der Waals surface area contributed by atoms with Crippen LogP contribution in [0.2, 0.25) is 0 Å². The zero-order chi connectivity index (χ0) is 23.8. The Morgan fingerprint density at radius 1 is 1.00 bits per heavy atom. The molecule has 2 aromatic heterocycles. The predicted molar refractivity (Wildman–Crippen MR) is 137 cm³/mol. The second-order valence-corrected chi connectivity index (χ2v) is 9.22. The van der Waals surface area contributed by atoms with Gasteiger partial charge in [-0.1, -0.05) is 47.7 Å². The number of para-hydroxylation sites is 1. The predicted octanol–water partition coefficient (Wildman–Crippen LogP) is 5.79. The van der Waals surface area contributed by atoms with Crippen LogP contribution in [0.15, 0.2) is 81.1 Å². The minimum absolute atomic E-state index is 0.104. The first-order valence-corrected chi connectivity index (χ1v) is 11.9. The molecule has 170 valence electrons. The molecule has 0 aliphatic carbocycles. The van der Waals surface area contributed by atoms with Crippen molar-refractivity contribution in [2.24, 2.45) is 0 Å². The number of rotatable bonds is 5. The molecule has 0 saturated heterocycles. The van der Waals surface area contributed by atoms with E-state index in [2.05, 4.69) is 5.32 Å². The van der Waals surface area contributed by atoms with Crippen LogP contribution in [-0.2, 0) is 4.79 Å². The average molecular weight is 470 g/mol. The Bertz CT molecular complexity index is 1600. The van der Waals surface area contributed by atoms with Gasteiger partial charge in [0, 0.05) is 11.1 Å². The van der Waals surface area contributed by atoms with Gasteiger partial charge >= 0.3 is 5.56 Å². The summed E-state index contributed by atoms with van der Waals surface area (Å²) in [6.45, 7) is 6.02. The lowest BCUT2D eigenvalue weighted by molar-refractivity contribution is -0.113. The minimum atomic E-state index is -0.300. The van der Waals surface area contributed by atoms with Crippen LogP contribution in [-0.4, -0.2) is 21.2 Å². The smallest absolute Gasteiger partial charge is 0.302 e. The van der Waals surface area contributed by atoms with E-state index in [9.17, 15) is 9.59 Å². The maximum absolute atomic E-state index is 13.6. The average Bonchev–Trinajstić information content (AvgIpc) is 3.20. The molecule has 0 unspecified atom stereocenters. The molecular weight excluding hydrogens is 446 g/mol. The molecule has 0 saturated carbocycles. The summed E-state index contributed by atoms with van der Waals surface area (Å²) in [6, 6.07) is 20.9. The van der Waals surface area contributed by atoms with E-state index >= 15 is 0 Å². The Morgan fingerprint density at radius 3 is 2.53 bits per heavy atom. The molecule has 0 spiro atoms. The van der Waals surface area contributed by atoms with Crippen LogP contribution in [0.5, 0.6) is 0 Å². The Labute approximate surface area is 200 Å². The quantitative estimate of drug-likeness (QED) is 0.260. The number of hydrogen-bond donors (Lipinski definition) is 1. The van der Waals surface area contributed by atoms with Crippen LogP contribution < -0.4 is 10.9 Å². The normalized spacial score (nSPS) is 11.3. The van der Waals surface area contributed by atoms with Gasteiger partial charge in [-0.2, -0.15) is 0 Å². The van der Waals surface area contributed by atoms with Crippen molar-refractivity contribution >= 4 is 45.4 Å². The fourth-order valence-electron chi connectivity index (χ4n) is 3.78. The van der Waals surface area contributed by atoms with Gasteiger partial charge in [-0.3, -0.25) is 14.2 Å². The Kier molecular flexibility index (Phi) is 5.71. The van der Waals surface area contributed by atoms with Crippen molar-refractivity contribution in [3.05, 3.63) is 93.8 Å². The van der Waals surface area contributed by atoms with Gasteiger partial charge in [0.05, 0.1) is 11.4 Å². The molecule has 7 heteroatoms. The highest BCUT2D eigenvalue weighted by molar-refractivity contribution is 7.99. The molecule has 3 aromatic carbocycles. The molecule has 0 aliphatic rings. The number of carbonyl (C=O) groups excluding carboxylic acids is 1. The molecular formula is C27H23N3O3S. The summed E-state index contributed by atoms with van der Waals surface area (Å²) >= 11 is 1.22. The Morgan fingerprint density at radius 2 is 1.76 bits per heavy atom. The number of amides is 1. The standard InChI is InChI=1S/C27H23N3O3S/c1-16-8-11-19(12-9-16)28-23(31)15-34-27-29-24-21-6-4-5-7-22(21)33-25(24)26(32)30(27)20-13-10-17(2)18(3)14-20/h4-14H,15H2,1-3H3,(H,28,31). The molecule has 6 nitrogen and oxygen atoms in total. The fraction of sp³-hybridized carbons (Fsp3) is 0.148. The van der Waals surface area contributed by atoms with Crippen molar-refractivity contribution in [3.8, 4) is 5.69 Å². The third-order valence-electron chi connectivity index (χ3n) is 5.78. The molecule has 0 atom stereocenters. The summed E-state index contributed by atoms with van der Waals surface area (Å²) in [6.07, 6.45) is 0. The van der Waals surface area contributed by atoms with Gasteiger partial charge in [0.15, 0.2) is 5.16 Å². The van der Waals surface area contributed by atoms with Crippen LogP contribution >= 0.6 is 11.8 Å². The zero-order valence-corrected chi connectivity index (χ0v) is 19.9. The highest BCUT2D eigenvalue weighted by atomic mass is 32.2. The maximum Gasteiger partial charge on any atom is 0.302 e. The van der Waals surface area contributed by atoms with Crippen molar-refractivity contribution in [2.45, 2.75) is 25.9 Å². The van der Waals surface area contributed by atoms with E-state index in [0.29, 0.717) is 21.9 Å². The van der Waals surface area contributed by atoms with Crippen LogP contribution in [0.4, 0.5) is 5.69 Å². The number of carbonyl (C=O) groups is 1. The fourth-order valence-corrected chi connectivity index (χ4v) is 4.58. The molecule has 1 N–H and O–H groups in total. The van der Waals surface area contributed by atoms with Gasteiger partial charge in [0.1, 0.15) is 11.1 Å². The number of hydrogen-bond acceptors (Lipinski definition) is 5. The molecule has 5 rings (SSSR count). The number of aromatic nitrogens is 2. The molecule has 0 fully saturated rings. The summed E-state index contributed by atoms with van der Waals surface area (Å²) in [4.78, 5) is 31.1. The number of aryl methyl sites for hydroxylation is 3. The maximum atomic E-state index is 13.6. The van der Waals surface area contributed by atoms with E-state index in [-0.39, 0.29) is 22.8 Å². The summed E-state index contributed by atoms with van der Waals surface area (Å²) < 4.78 is 7.41. The SMILES string of the molecule is Cc1ccc(NC(=O)CSc2nc3c(oc4ccccc43)c(=O)n2-c2ccc(C)c(C)c2)cc1. The zero-order valence-electron chi connectivity index (χ0n) is 19.1. The molecule has 0 bridgehead atoms. The Hall–Kier alpha value is -3.84. The summed E-state index contributed by atoms with van der Waals surface area (Å²) in [7, 11) is 0. The monoisotopic (exact) mass is 469 g/mol. The number of furan rings is 1. The third-order valence-corrected chi connectivity index (χ3v) is 6.72. The van der Waals surface area contributed by atoms with Crippen LogP contribution in [0.25, 0.3) is 27.8 Å². The van der Waals surface area contributed by atoms with E-state index in [4.69, 9.17) is 9.40 Å². The number of nitrogens with one attached hydrogen (secondary N) is 1. The van der Waals surface area contributed by atoms with E-state index < -0.39 is 0 Å². The number of anilines is 1. The molecule has 1 amide bonds. The summed E-state index contributed by atoms with van der Waals surface area (Å²) in [5, 5.41) is 4.11. The highest BCUT2D eigenvalue weighted by Gasteiger charge is 2.20. The number of fused-ring (bicyclic) bond motifs is 3. The largest absolute Gasteiger partial charge is 0.448 e. The van der Waals surface area contributed by atoms with Gasteiger partial charge in [-0.25, -0.2) is 4.98 Å². The van der Waals surface area contributed by atoms with Gasteiger partial charge in [-0.05, 0) is 68.3 Å². The lowest BCUT2D eigenvalue weighted by atomic mass is 10.1. The van der Waals surface area contributed by atoms with Gasteiger partial charge in [0.2, 0.25) is 11.5 Å². The van der Waals surface area contributed by atoms with Crippen LogP contribution in [0, 0.1) is 20.8 Å². The van der Waals surface area contributed by atoms with Crippen molar-refractivity contribution in [2.75, 3.05) is 11.1 Å². The molecule has 0 radical (unpaired) electrons. The van der Waals surface area contributed by atoms with E-state index in [1.54, 1.807) is 0 Å². The summed E-state index contributed by atoms with van der Waals surface area (Å²) in [5.74, 6) is -0.0706. The number of thioether (sulfide) groups is 1. The topological polar surface area (TPSA) is 77.1 Å². The van der Waals surface area contributed by atoms with Crippen LogP contribution in [0.3, 0.4) is 0 Å². The molecule has 34 heavy (non-hydrogen) atoms. The van der Waals surface area contributed by atoms with E-state index in [1.807, 2.05) is 87.5 Å². The van der Waals surface area contributed by atoms with Gasteiger partial charge < -0.3 is 9.73 Å². The van der Waals surface area contributed by atoms with Gasteiger partial charge in [0.25, 0.3) is 0 Å². The van der Waals surface area contributed by atoms with Crippen LogP contribution in [0.1, 0.15) is 16.7 Å². The third kappa shape index (κ3) is 4.10. The van der Waals surface area contributed by atoms with Crippen molar-refractivity contribution < 1.29 is 9.21 Å². The van der Waals surface area contributed by atoms with Gasteiger partial charge in [-0.15, -0.1) is 0 Å². The second kappa shape index (κ2) is 8.83. The van der Waals surface area contributed by atoms with E-state index in [1.165, 1.54) is 16.3 Å². The lowest BCUT2D eigenvalue weighted by Gasteiger charge is -2.13. The lowest BCUT2D eigenvalue weighted by Crippen LogP contribution is -2.22. The molecule has 2 heterocycles. The Balaban J connectivity index is 1.57. The van der Waals surface area contributed by atoms with Crippen molar-refractivity contribution in [1.82, 2.24) is 9.55 Å². The molecule has 5 aromatic rings. The number of nitrogens with zero attached hydrogens (tertiary/aromatic N) is 2. The first-order valence-electron chi connectivity index (χ1n) is 10.9. The molecule has 0 aliphatic heterocycles. The van der Waals surface area contributed by atoms with Crippen molar-refractivity contribution in [1.29, 1.82) is 0 Å². The first-order chi connectivity index (χ1) is 16.4. The minimum Gasteiger partial charge on any atom is -0.448 e. The van der Waals surface area contributed by atoms with E-state index in [0.717, 1.165) is 27.8 Å². The summed E-state index contributed by atoms with van der Waals surface area (Å²) in [5.41, 5.74) is 5.73. The first kappa shape index (κ1) is 22.0. The second-order valence-electron chi connectivity index (χ2n) is 8.28.